The van der Waals surface area contributed by atoms with Crippen molar-refractivity contribution in [2.24, 2.45) is 5.92 Å². The first kappa shape index (κ1) is 14.4. The molecule has 2 aliphatic heterocycles. The molecule has 3 unspecified atom stereocenters. The van der Waals surface area contributed by atoms with Crippen LogP contribution < -0.4 is 5.32 Å². The van der Waals surface area contributed by atoms with Gasteiger partial charge in [0, 0.05) is 30.3 Å². The lowest BCUT2D eigenvalue weighted by atomic mass is 9.79. The second kappa shape index (κ2) is 6.04. The smallest absolute Gasteiger partial charge is 0.0783 e. The number of nitrogens with one attached hydrogen (secondary N) is 1. The van der Waals surface area contributed by atoms with Gasteiger partial charge in [0.2, 0.25) is 0 Å². The lowest BCUT2D eigenvalue weighted by Crippen LogP contribution is -2.43. The summed E-state index contributed by atoms with van der Waals surface area (Å²) in [5.74, 6) is 3.07. The van der Waals surface area contributed by atoms with Crippen LogP contribution in [0.25, 0.3) is 0 Å². The van der Waals surface area contributed by atoms with Gasteiger partial charge >= 0.3 is 0 Å². The number of hydrogen-bond donors (Lipinski definition) is 1. The summed E-state index contributed by atoms with van der Waals surface area (Å²) in [7, 11) is 2.07. The summed E-state index contributed by atoms with van der Waals surface area (Å²) in [5.41, 5.74) is 2.65. The Morgan fingerprint density at radius 2 is 2.45 bits per heavy atom. The fourth-order valence-electron chi connectivity index (χ4n) is 3.68. The number of ether oxygens (including phenoxy) is 1. The molecule has 0 amide bonds. The van der Waals surface area contributed by atoms with Crippen LogP contribution in [0.4, 0.5) is 0 Å². The maximum Gasteiger partial charge on any atom is 0.0783 e. The minimum absolute atomic E-state index is 0.152. The van der Waals surface area contributed by atoms with Gasteiger partial charge in [-0.15, -0.1) is 0 Å². The molecule has 1 N–H and O–H groups in total. The van der Waals surface area contributed by atoms with Gasteiger partial charge in [0.05, 0.1) is 5.60 Å². The molecule has 1 aromatic heterocycles. The molecular weight excluding hydrogens is 268 g/mol. The number of thioether (sulfide) groups is 1. The van der Waals surface area contributed by atoms with E-state index in [0.29, 0.717) is 12.0 Å². The molecule has 2 saturated heterocycles. The van der Waals surface area contributed by atoms with Crippen LogP contribution >= 0.6 is 11.8 Å². The summed E-state index contributed by atoms with van der Waals surface area (Å²) >= 11 is 2.04. The highest BCUT2D eigenvalue weighted by molar-refractivity contribution is 7.99. The molecule has 3 rings (SSSR count). The first-order valence-corrected chi connectivity index (χ1v) is 8.70. The van der Waals surface area contributed by atoms with Crippen LogP contribution in [0.15, 0.2) is 18.3 Å². The molecule has 0 bridgehead atoms. The molecule has 20 heavy (non-hydrogen) atoms. The zero-order chi connectivity index (χ0) is 14.0. The highest BCUT2D eigenvalue weighted by Crippen LogP contribution is 2.44. The Balaban J connectivity index is 1.81. The fraction of sp³-hybridized carbons (Fsp3) is 0.688. The normalized spacial score (nSPS) is 31.6. The molecule has 0 saturated carbocycles. The van der Waals surface area contributed by atoms with Gasteiger partial charge in [-0.1, -0.05) is 6.07 Å². The van der Waals surface area contributed by atoms with Crippen LogP contribution in [-0.2, 0) is 4.74 Å². The number of hydrogen-bond acceptors (Lipinski definition) is 4. The third-order valence-electron chi connectivity index (χ3n) is 4.76. The molecule has 3 heterocycles. The van der Waals surface area contributed by atoms with Gasteiger partial charge in [-0.25, -0.2) is 0 Å². The monoisotopic (exact) mass is 292 g/mol. The van der Waals surface area contributed by atoms with Gasteiger partial charge in [-0.3, -0.25) is 4.98 Å². The van der Waals surface area contributed by atoms with Crippen molar-refractivity contribution in [1.82, 2.24) is 10.3 Å². The molecule has 4 heteroatoms. The van der Waals surface area contributed by atoms with Crippen LogP contribution in [0.2, 0.25) is 0 Å². The Bertz CT molecular complexity index is 460. The van der Waals surface area contributed by atoms with E-state index in [0.717, 1.165) is 18.7 Å². The Kier molecular flexibility index (Phi) is 4.34. The molecule has 1 aromatic rings. The average molecular weight is 292 g/mol. The quantitative estimate of drug-likeness (QED) is 0.929. The maximum atomic E-state index is 6.15. The van der Waals surface area contributed by atoms with Gasteiger partial charge in [0.1, 0.15) is 0 Å². The first-order chi connectivity index (χ1) is 9.74. The van der Waals surface area contributed by atoms with Crippen molar-refractivity contribution in [3.05, 3.63) is 29.6 Å². The van der Waals surface area contributed by atoms with E-state index in [2.05, 4.69) is 30.3 Å². The van der Waals surface area contributed by atoms with Crippen LogP contribution in [-0.4, -0.2) is 35.7 Å². The molecule has 0 aromatic carbocycles. The van der Waals surface area contributed by atoms with Crippen molar-refractivity contribution in [2.45, 2.75) is 37.8 Å². The molecule has 3 nitrogen and oxygen atoms in total. The lowest BCUT2D eigenvalue weighted by Gasteiger charge is -2.41. The molecule has 0 aliphatic carbocycles. The van der Waals surface area contributed by atoms with Crippen molar-refractivity contribution in [3.8, 4) is 0 Å². The van der Waals surface area contributed by atoms with E-state index in [1.165, 1.54) is 29.9 Å². The van der Waals surface area contributed by atoms with E-state index in [-0.39, 0.29) is 5.60 Å². The molecule has 1 spiro atoms. The highest BCUT2D eigenvalue weighted by atomic mass is 32.2. The van der Waals surface area contributed by atoms with E-state index in [1.54, 1.807) is 0 Å². The summed E-state index contributed by atoms with van der Waals surface area (Å²) < 4.78 is 6.15. The van der Waals surface area contributed by atoms with Crippen molar-refractivity contribution in [2.75, 3.05) is 25.2 Å². The Hall–Kier alpha value is -0.580. The standard InChI is InChI=1S/C16H24N2OS/c1-12-14(4-3-7-18-12)15(17-2)13-5-8-19-16(10-13)6-9-20-11-16/h3-4,7,13,15,17H,5-6,8-11H2,1-2H3. The number of pyridine rings is 1. The van der Waals surface area contributed by atoms with Crippen molar-refractivity contribution < 1.29 is 4.74 Å². The molecule has 2 aliphatic rings. The van der Waals surface area contributed by atoms with E-state index in [4.69, 9.17) is 4.74 Å². The minimum Gasteiger partial charge on any atom is -0.374 e. The minimum atomic E-state index is 0.152. The molecule has 2 fully saturated rings. The molecule has 110 valence electrons. The summed E-state index contributed by atoms with van der Waals surface area (Å²) in [4.78, 5) is 4.46. The zero-order valence-corrected chi connectivity index (χ0v) is 13.2. The summed E-state index contributed by atoms with van der Waals surface area (Å²) in [6.45, 7) is 3.02. The largest absolute Gasteiger partial charge is 0.374 e. The summed E-state index contributed by atoms with van der Waals surface area (Å²) in [6, 6.07) is 4.66. The average Bonchev–Trinajstić information content (AvgIpc) is 2.90. The SMILES string of the molecule is CNC(c1cccnc1C)C1CCOC2(CCSC2)C1. The fourth-order valence-corrected chi connectivity index (χ4v) is 5.06. The summed E-state index contributed by atoms with van der Waals surface area (Å²) in [5, 5.41) is 3.53. The lowest BCUT2D eigenvalue weighted by molar-refractivity contribution is -0.0851. The van der Waals surface area contributed by atoms with Crippen LogP contribution in [0.3, 0.4) is 0 Å². The molecule has 0 radical (unpaired) electrons. The highest BCUT2D eigenvalue weighted by Gasteiger charge is 2.42. The van der Waals surface area contributed by atoms with Crippen molar-refractivity contribution in [1.29, 1.82) is 0 Å². The topological polar surface area (TPSA) is 34.2 Å². The van der Waals surface area contributed by atoms with Crippen LogP contribution in [0.1, 0.15) is 36.6 Å². The Morgan fingerprint density at radius 1 is 1.55 bits per heavy atom. The number of rotatable bonds is 3. The van der Waals surface area contributed by atoms with Gasteiger partial charge in [-0.05, 0) is 56.5 Å². The number of nitrogens with zero attached hydrogens (tertiary/aromatic N) is 1. The van der Waals surface area contributed by atoms with E-state index in [9.17, 15) is 0 Å². The van der Waals surface area contributed by atoms with Gasteiger partial charge in [0.15, 0.2) is 0 Å². The Morgan fingerprint density at radius 3 is 3.15 bits per heavy atom. The van der Waals surface area contributed by atoms with Gasteiger partial charge < -0.3 is 10.1 Å². The van der Waals surface area contributed by atoms with Gasteiger partial charge in [0.25, 0.3) is 0 Å². The predicted octanol–water partition coefficient (Wildman–Crippen LogP) is 2.95. The Labute approximate surface area is 125 Å². The van der Waals surface area contributed by atoms with E-state index >= 15 is 0 Å². The summed E-state index contributed by atoms with van der Waals surface area (Å²) in [6.07, 6.45) is 5.42. The first-order valence-electron chi connectivity index (χ1n) is 7.55. The van der Waals surface area contributed by atoms with E-state index in [1.807, 2.05) is 24.0 Å². The van der Waals surface area contributed by atoms with Crippen molar-refractivity contribution in [3.63, 3.8) is 0 Å². The van der Waals surface area contributed by atoms with E-state index < -0.39 is 0 Å². The second-order valence-corrected chi connectivity index (χ2v) is 7.14. The van der Waals surface area contributed by atoms with Gasteiger partial charge in [-0.2, -0.15) is 11.8 Å². The maximum absolute atomic E-state index is 6.15. The van der Waals surface area contributed by atoms with Crippen LogP contribution in [0.5, 0.6) is 0 Å². The third kappa shape index (κ3) is 2.74. The number of aryl methyl sites for hydroxylation is 1. The number of aromatic nitrogens is 1. The predicted molar refractivity (Wildman–Crippen MR) is 84.1 cm³/mol. The third-order valence-corrected chi connectivity index (χ3v) is 5.99. The molecular formula is C16H24N2OS. The van der Waals surface area contributed by atoms with Crippen LogP contribution in [0, 0.1) is 12.8 Å². The second-order valence-electron chi connectivity index (χ2n) is 6.03. The molecule has 3 atom stereocenters. The van der Waals surface area contributed by atoms with Crippen molar-refractivity contribution >= 4 is 11.8 Å². The zero-order valence-electron chi connectivity index (χ0n) is 12.4.